The third-order valence-corrected chi connectivity index (χ3v) is 2.86. The van der Waals surface area contributed by atoms with Crippen molar-refractivity contribution < 1.29 is 4.79 Å². The molecule has 0 saturated carbocycles. The molecule has 1 aliphatic rings. The van der Waals surface area contributed by atoms with E-state index in [-0.39, 0.29) is 11.9 Å². The molecular weight excluding hydrogens is 206 g/mol. The highest BCUT2D eigenvalue weighted by atomic mass is 16.2. The van der Waals surface area contributed by atoms with Crippen LogP contribution in [-0.4, -0.2) is 28.3 Å². The van der Waals surface area contributed by atoms with E-state index >= 15 is 0 Å². The van der Waals surface area contributed by atoms with Crippen molar-refractivity contribution >= 4 is 17.4 Å². The maximum Gasteiger partial charge on any atom is 0.242 e. The van der Waals surface area contributed by atoms with Gasteiger partial charge < -0.3 is 16.4 Å². The third kappa shape index (κ3) is 1.82. The normalized spacial score (nSPS) is 20.6. The van der Waals surface area contributed by atoms with Crippen LogP contribution in [-0.2, 0) is 11.8 Å². The van der Waals surface area contributed by atoms with Gasteiger partial charge in [0.1, 0.15) is 11.9 Å². The molecule has 1 aromatic rings. The fourth-order valence-corrected chi connectivity index (χ4v) is 1.92. The zero-order valence-corrected chi connectivity index (χ0v) is 9.58. The summed E-state index contributed by atoms with van der Waals surface area (Å²) < 4.78 is 1.67. The monoisotopic (exact) mass is 223 g/mol. The summed E-state index contributed by atoms with van der Waals surface area (Å²) in [7, 11) is 1.81. The summed E-state index contributed by atoms with van der Waals surface area (Å²) in [4.78, 5) is 11.6. The fourth-order valence-electron chi connectivity index (χ4n) is 1.92. The quantitative estimate of drug-likeness (QED) is 0.659. The molecule has 1 aliphatic heterocycles. The van der Waals surface area contributed by atoms with Gasteiger partial charge >= 0.3 is 0 Å². The molecule has 4 N–H and O–H groups in total. The van der Waals surface area contributed by atoms with E-state index in [0.717, 1.165) is 30.9 Å². The summed E-state index contributed by atoms with van der Waals surface area (Å²) in [6.45, 7) is 2.61. The van der Waals surface area contributed by atoms with Crippen LogP contribution in [0.2, 0.25) is 0 Å². The van der Waals surface area contributed by atoms with Gasteiger partial charge in [0.2, 0.25) is 5.91 Å². The Labute approximate surface area is 94.2 Å². The van der Waals surface area contributed by atoms with Gasteiger partial charge in [0.05, 0.1) is 11.4 Å². The highest BCUT2D eigenvalue weighted by Crippen LogP contribution is 2.23. The minimum absolute atomic E-state index is 0.0319. The van der Waals surface area contributed by atoms with Gasteiger partial charge in [-0.05, 0) is 19.8 Å². The van der Waals surface area contributed by atoms with Crippen LogP contribution >= 0.6 is 0 Å². The molecule has 1 aromatic heterocycles. The standard InChI is InChI=1S/C10H17N5O/c1-6-8(11)9(15(2)14-6)13-7-4-3-5-12-10(7)16/h7,13H,3-5,11H2,1-2H3,(H,12,16). The van der Waals surface area contributed by atoms with Crippen molar-refractivity contribution in [2.45, 2.75) is 25.8 Å². The van der Waals surface area contributed by atoms with E-state index in [1.54, 1.807) is 4.68 Å². The summed E-state index contributed by atoms with van der Waals surface area (Å²) in [5.74, 6) is 0.754. The second-order valence-electron chi connectivity index (χ2n) is 4.10. The van der Waals surface area contributed by atoms with E-state index in [2.05, 4.69) is 15.7 Å². The summed E-state index contributed by atoms with van der Waals surface area (Å²) in [5.41, 5.74) is 7.28. The number of piperidine rings is 1. The fraction of sp³-hybridized carbons (Fsp3) is 0.600. The lowest BCUT2D eigenvalue weighted by molar-refractivity contribution is -0.123. The largest absolute Gasteiger partial charge is 0.394 e. The molecule has 2 rings (SSSR count). The summed E-state index contributed by atoms with van der Waals surface area (Å²) in [6, 6.07) is -0.203. The van der Waals surface area contributed by atoms with E-state index < -0.39 is 0 Å². The molecule has 1 unspecified atom stereocenters. The Morgan fingerprint density at radius 1 is 1.62 bits per heavy atom. The first-order valence-corrected chi connectivity index (χ1v) is 5.43. The summed E-state index contributed by atoms with van der Waals surface area (Å²) >= 11 is 0. The van der Waals surface area contributed by atoms with Crippen molar-refractivity contribution in [3.05, 3.63) is 5.69 Å². The van der Waals surface area contributed by atoms with Gasteiger partial charge in [0.25, 0.3) is 0 Å². The van der Waals surface area contributed by atoms with Crippen LogP contribution in [0.15, 0.2) is 0 Å². The van der Waals surface area contributed by atoms with Crippen molar-refractivity contribution in [1.29, 1.82) is 0 Å². The number of aryl methyl sites for hydroxylation is 2. The first-order chi connectivity index (χ1) is 7.59. The minimum Gasteiger partial charge on any atom is -0.394 e. The molecule has 0 bridgehead atoms. The number of nitrogens with zero attached hydrogens (tertiary/aromatic N) is 2. The Morgan fingerprint density at radius 2 is 2.38 bits per heavy atom. The van der Waals surface area contributed by atoms with Gasteiger partial charge in [0.15, 0.2) is 0 Å². The lowest BCUT2D eigenvalue weighted by Gasteiger charge is -2.23. The van der Waals surface area contributed by atoms with Crippen LogP contribution in [0, 0.1) is 6.92 Å². The average Bonchev–Trinajstić information content (AvgIpc) is 2.48. The number of aromatic nitrogens is 2. The zero-order valence-electron chi connectivity index (χ0n) is 9.58. The van der Waals surface area contributed by atoms with E-state index in [1.165, 1.54) is 0 Å². The number of nitrogens with two attached hydrogens (primary N) is 1. The summed E-state index contributed by atoms with van der Waals surface area (Å²) in [5, 5.41) is 10.2. The number of anilines is 2. The molecule has 0 radical (unpaired) electrons. The number of carbonyl (C=O) groups is 1. The lowest BCUT2D eigenvalue weighted by atomic mass is 10.1. The topological polar surface area (TPSA) is 85.0 Å². The van der Waals surface area contributed by atoms with Gasteiger partial charge in [-0.3, -0.25) is 9.48 Å². The first kappa shape index (κ1) is 10.8. The number of carbonyl (C=O) groups excluding carboxylic acids is 1. The lowest BCUT2D eigenvalue weighted by Crippen LogP contribution is -2.44. The molecule has 16 heavy (non-hydrogen) atoms. The average molecular weight is 223 g/mol. The van der Waals surface area contributed by atoms with E-state index in [1.807, 2.05) is 14.0 Å². The zero-order chi connectivity index (χ0) is 11.7. The van der Waals surface area contributed by atoms with Crippen LogP contribution in [0.25, 0.3) is 0 Å². The highest BCUT2D eigenvalue weighted by Gasteiger charge is 2.23. The second kappa shape index (κ2) is 4.03. The smallest absolute Gasteiger partial charge is 0.242 e. The second-order valence-corrected chi connectivity index (χ2v) is 4.10. The Hall–Kier alpha value is -1.72. The Bertz CT molecular complexity index is 412. The molecule has 6 nitrogen and oxygen atoms in total. The maximum absolute atomic E-state index is 11.6. The molecule has 1 amide bonds. The maximum atomic E-state index is 11.6. The summed E-state index contributed by atoms with van der Waals surface area (Å²) in [6.07, 6.45) is 1.82. The van der Waals surface area contributed by atoms with Crippen LogP contribution in [0.5, 0.6) is 0 Å². The molecule has 0 aromatic carbocycles. The molecule has 1 saturated heterocycles. The number of hydrogen-bond donors (Lipinski definition) is 3. The van der Waals surface area contributed by atoms with Crippen molar-refractivity contribution in [3.63, 3.8) is 0 Å². The molecule has 0 spiro atoms. The van der Waals surface area contributed by atoms with Crippen LogP contribution in [0.4, 0.5) is 11.5 Å². The SMILES string of the molecule is Cc1nn(C)c(NC2CCCNC2=O)c1N. The Morgan fingerprint density at radius 3 is 2.94 bits per heavy atom. The number of hydrogen-bond acceptors (Lipinski definition) is 4. The van der Waals surface area contributed by atoms with Crippen LogP contribution < -0.4 is 16.4 Å². The van der Waals surface area contributed by atoms with Crippen LogP contribution in [0.1, 0.15) is 18.5 Å². The van der Waals surface area contributed by atoms with Crippen LogP contribution in [0.3, 0.4) is 0 Å². The van der Waals surface area contributed by atoms with Crippen molar-refractivity contribution in [1.82, 2.24) is 15.1 Å². The van der Waals surface area contributed by atoms with Gasteiger partial charge in [-0.1, -0.05) is 0 Å². The van der Waals surface area contributed by atoms with Crippen molar-refractivity contribution in [3.8, 4) is 0 Å². The highest BCUT2D eigenvalue weighted by molar-refractivity contribution is 5.86. The predicted molar refractivity (Wildman–Crippen MR) is 62.0 cm³/mol. The van der Waals surface area contributed by atoms with E-state index in [4.69, 9.17) is 5.73 Å². The Balaban J connectivity index is 2.16. The number of nitrogen functional groups attached to an aromatic ring is 1. The van der Waals surface area contributed by atoms with E-state index in [9.17, 15) is 4.79 Å². The first-order valence-electron chi connectivity index (χ1n) is 5.43. The minimum atomic E-state index is -0.203. The molecule has 6 heteroatoms. The van der Waals surface area contributed by atoms with Crippen molar-refractivity contribution in [2.24, 2.45) is 7.05 Å². The predicted octanol–water partition coefficient (Wildman–Crippen LogP) is 0.00122. The number of amides is 1. The molecule has 88 valence electrons. The number of nitrogens with one attached hydrogen (secondary N) is 2. The van der Waals surface area contributed by atoms with Crippen molar-refractivity contribution in [2.75, 3.05) is 17.6 Å². The van der Waals surface area contributed by atoms with Gasteiger partial charge in [-0.25, -0.2) is 0 Å². The van der Waals surface area contributed by atoms with Gasteiger partial charge in [0, 0.05) is 13.6 Å². The molecule has 2 heterocycles. The third-order valence-electron chi connectivity index (χ3n) is 2.86. The molecular formula is C10H17N5O. The molecule has 0 aliphatic carbocycles. The number of rotatable bonds is 2. The van der Waals surface area contributed by atoms with E-state index in [0.29, 0.717) is 5.69 Å². The molecule has 1 atom stereocenters. The molecule has 1 fully saturated rings. The Kier molecular flexibility index (Phi) is 2.72. The van der Waals surface area contributed by atoms with Gasteiger partial charge in [-0.15, -0.1) is 0 Å². The van der Waals surface area contributed by atoms with Gasteiger partial charge in [-0.2, -0.15) is 5.10 Å².